The Morgan fingerprint density at radius 1 is 0.641 bits per heavy atom. The van der Waals surface area contributed by atoms with Crippen molar-refractivity contribution in [3.05, 3.63) is 60.8 Å². The average Bonchev–Trinajstić information content (AvgIpc) is 2.94. The zero-order chi connectivity index (χ0) is 28.7. The van der Waals surface area contributed by atoms with Crippen LogP contribution in [0, 0.1) is 0 Å². The van der Waals surface area contributed by atoms with Crippen LogP contribution in [0.25, 0.3) is 0 Å². The van der Waals surface area contributed by atoms with Crippen LogP contribution < -0.4 is 5.32 Å². The molecule has 0 aromatic carbocycles. The molecule has 0 aliphatic carbocycles. The fraction of sp³-hybridized carbons (Fsp3) is 0.686. The zero-order valence-corrected chi connectivity index (χ0v) is 25.4. The lowest BCUT2D eigenvalue weighted by atomic mass is 10.0. The zero-order valence-electron chi connectivity index (χ0n) is 25.4. The maximum atomic E-state index is 12.1. The molecular formula is C35H61NO3. The van der Waals surface area contributed by atoms with E-state index in [9.17, 15) is 15.0 Å². The summed E-state index contributed by atoms with van der Waals surface area (Å²) in [7, 11) is 0. The Bertz CT molecular complexity index is 677. The van der Waals surface area contributed by atoms with E-state index in [4.69, 9.17) is 0 Å². The number of amides is 1. The Hall–Kier alpha value is -1.91. The van der Waals surface area contributed by atoms with Gasteiger partial charge in [0, 0.05) is 6.42 Å². The molecule has 4 nitrogen and oxygen atoms in total. The molecule has 0 fully saturated rings. The topological polar surface area (TPSA) is 69.6 Å². The molecule has 0 aromatic rings. The van der Waals surface area contributed by atoms with Crippen molar-refractivity contribution in [3.63, 3.8) is 0 Å². The standard InChI is InChI=1S/C35H61NO3/c1-3-5-7-9-10-11-12-13-14-15-16-17-18-19-20-21-22-23-24-25-26-27-29-31-35(39)36-33(32-37)34(38)30-28-8-6-4-2/h5,7,10-11,13-14,16-17,28,30,33-34,37-38H,3-4,6,8-9,12,15,18-27,29,31-32H2,1-2H3,(H,36,39)/b7-5-,11-10-,14-13-,17-16-,30-28+. The van der Waals surface area contributed by atoms with Crippen LogP contribution in [0.4, 0.5) is 0 Å². The average molecular weight is 544 g/mol. The molecule has 0 aromatic heterocycles. The van der Waals surface area contributed by atoms with E-state index in [0.717, 1.165) is 57.8 Å². The predicted molar refractivity (Wildman–Crippen MR) is 170 cm³/mol. The molecule has 2 atom stereocenters. The summed E-state index contributed by atoms with van der Waals surface area (Å²) in [5.41, 5.74) is 0. The van der Waals surface area contributed by atoms with Gasteiger partial charge < -0.3 is 15.5 Å². The molecule has 0 bridgehead atoms. The number of nitrogens with one attached hydrogen (secondary N) is 1. The van der Waals surface area contributed by atoms with E-state index in [1.807, 2.05) is 6.08 Å². The van der Waals surface area contributed by atoms with E-state index in [1.54, 1.807) is 6.08 Å². The van der Waals surface area contributed by atoms with Crippen molar-refractivity contribution in [1.29, 1.82) is 0 Å². The number of hydrogen-bond donors (Lipinski definition) is 3. The van der Waals surface area contributed by atoms with Crippen molar-refractivity contribution < 1.29 is 15.0 Å². The van der Waals surface area contributed by atoms with E-state index in [0.29, 0.717) is 6.42 Å². The number of hydrogen-bond acceptors (Lipinski definition) is 3. The first-order valence-electron chi connectivity index (χ1n) is 16.0. The second kappa shape index (κ2) is 30.6. The first kappa shape index (κ1) is 37.1. The lowest BCUT2D eigenvalue weighted by Gasteiger charge is -2.19. The van der Waals surface area contributed by atoms with Crippen LogP contribution in [0.1, 0.15) is 136 Å². The van der Waals surface area contributed by atoms with E-state index in [-0.39, 0.29) is 12.5 Å². The first-order valence-corrected chi connectivity index (χ1v) is 16.0. The van der Waals surface area contributed by atoms with Crippen LogP contribution >= 0.6 is 0 Å². The summed E-state index contributed by atoms with van der Waals surface area (Å²) in [6.07, 6.45) is 42.0. The maximum absolute atomic E-state index is 12.1. The van der Waals surface area contributed by atoms with Crippen LogP contribution in [0.15, 0.2) is 60.8 Å². The highest BCUT2D eigenvalue weighted by Gasteiger charge is 2.17. The second-order valence-corrected chi connectivity index (χ2v) is 10.5. The van der Waals surface area contributed by atoms with Crippen LogP contribution in [0.5, 0.6) is 0 Å². The molecule has 3 N–H and O–H groups in total. The summed E-state index contributed by atoms with van der Waals surface area (Å²) in [5, 5.41) is 22.4. The summed E-state index contributed by atoms with van der Waals surface area (Å²) >= 11 is 0. The summed E-state index contributed by atoms with van der Waals surface area (Å²) in [4.78, 5) is 12.1. The molecule has 0 saturated heterocycles. The van der Waals surface area contributed by atoms with Crippen molar-refractivity contribution in [2.45, 2.75) is 148 Å². The third kappa shape index (κ3) is 27.4. The molecule has 2 unspecified atom stereocenters. The summed E-state index contributed by atoms with van der Waals surface area (Å²) in [6, 6.07) is -0.621. The van der Waals surface area contributed by atoms with E-state index < -0.39 is 12.1 Å². The quantitative estimate of drug-likeness (QED) is 0.0715. The molecule has 0 rings (SSSR count). The summed E-state index contributed by atoms with van der Waals surface area (Å²) < 4.78 is 0. The highest BCUT2D eigenvalue weighted by molar-refractivity contribution is 5.76. The van der Waals surface area contributed by atoms with Gasteiger partial charge in [-0.25, -0.2) is 0 Å². The minimum absolute atomic E-state index is 0.0830. The van der Waals surface area contributed by atoms with Crippen molar-refractivity contribution in [2.75, 3.05) is 6.61 Å². The fourth-order valence-corrected chi connectivity index (χ4v) is 4.27. The monoisotopic (exact) mass is 543 g/mol. The van der Waals surface area contributed by atoms with Crippen molar-refractivity contribution in [2.24, 2.45) is 0 Å². The van der Waals surface area contributed by atoms with E-state index in [2.05, 4.69) is 67.8 Å². The molecule has 4 heteroatoms. The lowest BCUT2D eigenvalue weighted by molar-refractivity contribution is -0.123. The Kier molecular flexibility index (Phi) is 29.1. The molecule has 0 spiro atoms. The number of aliphatic hydroxyl groups is 2. The van der Waals surface area contributed by atoms with Gasteiger partial charge in [0.05, 0.1) is 18.8 Å². The van der Waals surface area contributed by atoms with Crippen molar-refractivity contribution in [3.8, 4) is 0 Å². The van der Waals surface area contributed by atoms with E-state index >= 15 is 0 Å². The van der Waals surface area contributed by atoms with Gasteiger partial charge in [-0.2, -0.15) is 0 Å². The summed E-state index contributed by atoms with van der Waals surface area (Å²) in [6.45, 7) is 4.03. The van der Waals surface area contributed by atoms with Gasteiger partial charge in [-0.3, -0.25) is 4.79 Å². The van der Waals surface area contributed by atoms with Crippen LogP contribution in [-0.4, -0.2) is 34.9 Å². The molecule has 0 aliphatic rings. The minimum Gasteiger partial charge on any atom is -0.394 e. The van der Waals surface area contributed by atoms with Gasteiger partial charge in [0.1, 0.15) is 0 Å². The van der Waals surface area contributed by atoms with Crippen molar-refractivity contribution >= 4 is 5.91 Å². The summed E-state index contributed by atoms with van der Waals surface area (Å²) in [5.74, 6) is -0.0830. The van der Waals surface area contributed by atoms with E-state index in [1.165, 1.54) is 57.8 Å². The fourth-order valence-electron chi connectivity index (χ4n) is 4.27. The molecule has 1 amide bonds. The van der Waals surface area contributed by atoms with Crippen LogP contribution in [-0.2, 0) is 4.79 Å². The lowest BCUT2D eigenvalue weighted by Crippen LogP contribution is -2.45. The molecule has 0 saturated carbocycles. The number of aliphatic hydroxyl groups excluding tert-OH is 2. The number of carbonyl (C=O) groups excluding carboxylic acids is 1. The molecular weight excluding hydrogens is 482 g/mol. The first-order chi connectivity index (χ1) is 19.2. The highest BCUT2D eigenvalue weighted by atomic mass is 16.3. The third-order valence-corrected chi connectivity index (χ3v) is 6.76. The molecule has 0 heterocycles. The Balaban J connectivity index is 3.53. The van der Waals surface area contributed by atoms with Gasteiger partial charge in [-0.15, -0.1) is 0 Å². The Labute approximate surface area is 241 Å². The Morgan fingerprint density at radius 3 is 1.67 bits per heavy atom. The molecule has 39 heavy (non-hydrogen) atoms. The number of unbranched alkanes of at least 4 members (excludes halogenated alkanes) is 12. The maximum Gasteiger partial charge on any atom is 0.220 e. The SMILES string of the molecule is CC/C=C\C/C=C\C/C=C\C/C=C\CCCCCCCCCCCCC(=O)NC(CO)C(O)/C=C/CCCC. The molecule has 224 valence electrons. The number of carbonyl (C=O) groups is 1. The van der Waals surface area contributed by atoms with Crippen LogP contribution in [0.3, 0.4) is 0 Å². The third-order valence-electron chi connectivity index (χ3n) is 6.76. The Morgan fingerprint density at radius 2 is 1.13 bits per heavy atom. The van der Waals surface area contributed by atoms with Gasteiger partial charge >= 0.3 is 0 Å². The largest absolute Gasteiger partial charge is 0.394 e. The highest BCUT2D eigenvalue weighted by Crippen LogP contribution is 2.12. The molecule has 0 aliphatic heterocycles. The number of allylic oxidation sites excluding steroid dienone is 9. The predicted octanol–water partition coefficient (Wildman–Crippen LogP) is 9.06. The normalized spacial score (nSPS) is 14.1. The van der Waals surface area contributed by atoms with Gasteiger partial charge in [0.25, 0.3) is 0 Å². The van der Waals surface area contributed by atoms with Gasteiger partial charge in [-0.05, 0) is 51.4 Å². The minimum atomic E-state index is -0.837. The smallest absolute Gasteiger partial charge is 0.220 e. The van der Waals surface area contributed by atoms with Gasteiger partial charge in [-0.1, -0.05) is 139 Å². The second-order valence-electron chi connectivity index (χ2n) is 10.5. The number of rotatable bonds is 27. The molecule has 0 radical (unpaired) electrons. The van der Waals surface area contributed by atoms with Crippen molar-refractivity contribution in [1.82, 2.24) is 5.32 Å². The van der Waals surface area contributed by atoms with Gasteiger partial charge in [0.2, 0.25) is 5.91 Å². The van der Waals surface area contributed by atoms with Gasteiger partial charge in [0.15, 0.2) is 0 Å². The van der Waals surface area contributed by atoms with Crippen LogP contribution in [0.2, 0.25) is 0 Å².